The van der Waals surface area contributed by atoms with Crippen LogP contribution in [-0.2, 0) is 14.8 Å². The minimum atomic E-state index is -3.95. The smallest absolute Gasteiger partial charge is 0.246 e. The van der Waals surface area contributed by atoms with E-state index in [0.29, 0.717) is 12.8 Å². The van der Waals surface area contributed by atoms with Crippen LogP contribution in [0.4, 0.5) is 14.5 Å². The third-order valence-corrected chi connectivity index (χ3v) is 6.89. The monoisotopic (exact) mass is 458 g/mol. The molecule has 3 rings (SSSR count). The number of benzene rings is 2. The third kappa shape index (κ3) is 4.91. The van der Waals surface area contributed by atoms with Gasteiger partial charge in [0.2, 0.25) is 15.9 Å². The Morgan fingerprint density at radius 1 is 1.23 bits per heavy atom. The van der Waals surface area contributed by atoms with Gasteiger partial charge in [-0.3, -0.25) is 4.79 Å². The van der Waals surface area contributed by atoms with E-state index in [9.17, 15) is 22.0 Å². The summed E-state index contributed by atoms with van der Waals surface area (Å²) in [5.41, 5.74) is 0.104. The standard InChI is InChI=1S/C20H21ClF2N2O4S/c1-2-29-18-8-5-14(21)10-19(18)30(27,28)25-9-3-4-13(12-25)20(26)24-15-6-7-16(22)17(23)11-15/h5-8,10-11,13H,2-4,9,12H2,1H3,(H,24,26)/t13-/m0/s1. The Hall–Kier alpha value is -2.23. The lowest BCUT2D eigenvalue weighted by Gasteiger charge is -2.31. The first-order chi connectivity index (χ1) is 14.2. The number of sulfonamides is 1. The molecule has 1 heterocycles. The van der Waals surface area contributed by atoms with Crippen LogP contribution in [-0.4, -0.2) is 38.3 Å². The normalized spacial score (nSPS) is 17.5. The molecule has 1 amide bonds. The molecule has 10 heteroatoms. The number of hydrogen-bond acceptors (Lipinski definition) is 4. The van der Waals surface area contributed by atoms with Crippen molar-refractivity contribution in [3.63, 3.8) is 0 Å². The maximum atomic E-state index is 13.4. The van der Waals surface area contributed by atoms with Crippen molar-refractivity contribution in [1.82, 2.24) is 4.31 Å². The zero-order chi connectivity index (χ0) is 21.9. The number of carbonyl (C=O) groups is 1. The number of rotatable bonds is 6. The average molecular weight is 459 g/mol. The maximum Gasteiger partial charge on any atom is 0.246 e. The van der Waals surface area contributed by atoms with E-state index in [1.165, 1.54) is 22.5 Å². The van der Waals surface area contributed by atoms with Gasteiger partial charge in [0.05, 0.1) is 12.5 Å². The van der Waals surface area contributed by atoms with Gasteiger partial charge < -0.3 is 10.1 Å². The number of halogens is 3. The van der Waals surface area contributed by atoms with E-state index in [4.69, 9.17) is 16.3 Å². The fraction of sp³-hybridized carbons (Fsp3) is 0.350. The van der Waals surface area contributed by atoms with Crippen LogP contribution < -0.4 is 10.1 Å². The van der Waals surface area contributed by atoms with Crippen molar-refractivity contribution in [2.45, 2.75) is 24.7 Å². The minimum Gasteiger partial charge on any atom is -0.492 e. The Labute approximate surface area is 178 Å². The van der Waals surface area contributed by atoms with Gasteiger partial charge in [0.1, 0.15) is 10.6 Å². The summed E-state index contributed by atoms with van der Waals surface area (Å²) in [6.07, 6.45) is 0.940. The van der Waals surface area contributed by atoms with Gasteiger partial charge in [0, 0.05) is 29.9 Å². The molecule has 1 aliphatic rings. The van der Waals surface area contributed by atoms with E-state index < -0.39 is 33.5 Å². The molecular formula is C20H21ClF2N2O4S. The summed E-state index contributed by atoms with van der Waals surface area (Å²) < 4.78 is 59.5. The molecule has 1 aliphatic heterocycles. The molecule has 0 spiro atoms. The molecule has 0 aromatic heterocycles. The first kappa shape index (κ1) is 22.5. The van der Waals surface area contributed by atoms with Crippen molar-refractivity contribution < 1.29 is 26.7 Å². The molecule has 0 unspecified atom stereocenters. The summed E-state index contributed by atoms with van der Waals surface area (Å²) in [7, 11) is -3.95. The fourth-order valence-corrected chi connectivity index (χ4v) is 5.21. The molecule has 2 aromatic carbocycles. The predicted molar refractivity (Wildman–Crippen MR) is 109 cm³/mol. The number of anilines is 1. The Morgan fingerprint density at radius 3 is 2.70 bits per heavy atom. The van der Waals surface area contributed by atoms with E-state index >= 15 is 0 Å². The van der Waals surface area contributed by atoms with Crippen molar-refractivity contribution in [2.75, 3.05) is 25.0 Å². The Morgan fingerprint density at radius 2 is 2.00 bits per heavy atom. The van der Waals surface area contributed by atoms with Gasteiger partial charge in [-0.15, -0.1) is 0 Å². The van der Waals surface area contributed by atoms with Crippen molar-refractivity contribution in [2.24, 2.45) is 5.92 Å². The second-order valence-electron chi connectivity index (χ2n) is 6.84. The molecule has 1 atom stereocenters. The summed E-state index contributed by atoms with van der Waals surface area (Å²) in [6.45, 7) is 2.22. The molecule has 6 nitrogen and oxygen atoms in total. The maximum absolute atomic E-state index is 13.4. The van der Waals surface area contributed by atoms with Gasteiger partial charge in [-0.2, -0.15) is 4.31 Å². The van der Waals surface area contributed by atoms with Crippen LogP contribution in [0.15, 0.2) is 41.3 Å². The molecule has 1 N–H and O–H groups in total. The lowest BCUT2D eigenvalue weighted by molar-refractivity contribution is -0.120. The summed E-state index contributed by atoms with van der Waals surface area (Å²) in [5.74, 6) is -3.01. The molecule has 1 saturated heterocycles. The average Bonchev–Trinajstić information content (AvgIpc) is 2.72. The molecule has 0 saturated carbocycles. The van der Waals surface area contributed by atoms with Gasteiger partial charge in [-0.05, 0) is 50.1 Å². The van der Waals surface area contributed by atoms with E-state index in [1.807, 2.05) is 0 Å². The van der Waals surface area contributed by atoms with Crippen LogP contribution in [0.5, 0.6) is 5.75 Å². The molecule has 0 aliphatic carbocycles. The van der Waals surface area contributed by atoms with Gasteiger partial charge >= 0.3 is 0 Å². The van der Waals surface area contributed by atoms with Gasteiger partial charge in [0.15, 0.2) is 11.6 Å². The largest absolute Gasteiger partial charge is 0.492 e. The number of nitrogens with zero attached hydrogens (tertiary/aromatic N) is 1. The summed E-state index contributed by atoms with van der Waals surface area (Å²) in [5, 5.41) is 2.77. The Kier molecular flexibility index (Phi) is 6.95. The van der Waals surface area contributed by atoms with Crippen LogP contribution in [0.2, 0.25) is 5.02 Å². The summed E-state index contributed by atoms with van der Waals surface area (Å²) in [6, 6.07) is 7.40. The summed E-state index contributed by atoms with van der Waals surface area (Å²) >= 11 is 6.00. The van der Waals surface area contributed by atoms with Crippen LogP contribution in [0.3, 0.4) is 0 Å². The lowest BCUT2D eigenvalue weighted by Crippen LogP contribution is -2.43. The van der Waals surface area contributed by atoms with Gasteiger partial charge in [-0.1, -0.05) is 11.6 Å². The number of piperidine rings is 1. The molecular weight excluding hydrogens is 438 g/mol. The van der Waals surface area contributed by atoms with E-state index in [0.717, 1.165) is 12.1 Å². The summed E-state index contributed by atoms with van der Waals surface area (Å²) in [4.78, 5) is 12.5. The quantitative estimate of drug-likeness (QED) is 0.708. The molecule has 2 aromatic rings. The Bertz CT molecular complexity index is 1050. The highest BCUT2D eigenvalue weighted by Crippen LogP contribution is 2.32. The second-order valence-corrected chi connectivity index (χ2v) is 9.19. The zero-order valence-electron chi connectivity index (χ0n) is 16.2. The molecule has 30 heavy (non-hydrogen) atoms. The van der Waals surface area contributed by atoms with Crippen LogP contribution in [0, 0.1) is 17.6 Å². The number of carbonyl (C=O) groups excluding carboxylic acids is 1. The highest BCUT2D eigenvalue weighted by Gasteiger charge is 2.35. The number of ether oxygens (including phenoxy) is 1. The van der Waals surface area contributed by atoms with E-state index in [2.05, 4.69) is 5.32 Å². The van der Waals surface area contributed by atoms with Crippen LogP contribution >= 0.6 is 11.6 Å². The number of nitrogens with one attached hydrogen (secondary N) is 1. The number of amides is 1. The van der Waals surface area contributed by atoms with Gasteiger partial charge in [-0.25, -0.2) is 17.2 Å². The predicted octanol–water partition coefficient (Wildman–Crippen LogP) is 4.06. The van der Waals surface area contributed by atoms with Gasteiger partial charge in [0.25, 0.3) is 0 Å². The van der Waals surface area contributed by atoms with Crippen molar-refractivity contribution in [3.8, 4) is 5.75 Å². The fourth-order valence-electron chi connectivity index (χ4n) is 3.29. The number of hydrogen-bond donors (Lipinski definition) is 1. The van der Waals surface area contributed by atoms with Crippen molar-refractivity contribution in [1.29, 1.82) is 0 Å². The molecule has 0 bridgehead atoms. The van der Waals surface area contributed by atoms with E-state index in [1.54, 1.807) is 13.0 Å². The highest BCUT2D eigenvalue weighted by atomic mass is 35.5. The molecule has 162 valence electrons. The van der Waals surface area contributed by atoms with Crippen LogP contribution in [0.1, 0.15) is 19.8 Å². The Balaban J connectivity index is 1.79. The van der Waals surface area contributed by atoms with Crippen molar-refractivity contribution >= 4 is 33.2 Å². The van der Waals surface area contributed by atoms with Crippen molar-refractivity contribution in [3.05, 3.63) is 53.1 Å². The first-order valence-electron chi connectivity index (χ1n) is 9.40. The van der Waals surface area contributed by atoms with Crippen LogP contribution in [0.25, 0.3) is 0 Å². The SMILES string of the molecule is CCOc1ccc(Cl)cc1S(=O)(=O)N1CCC[C@H](C(=O)Nc2ccc(F)c(F)c2)C1. The first-order valence-corrected chi connectivity index (χ1v) is 11.2. The zero-order valence-corrected chi connectivity index (χ0v) is 17.8. The second kappa shape index (κ2) is 9.28. The lowest BCUT2D eigenvalue weighted by atomic mass is 9.98. The highest BCUT2D eigenvalue weighted by molar-refractivity contribution is 7.89. The minimum absolute atomic E-state index is 0.0457. The molecule has 1 fully saturated rings. The third-order valence-electron chi connectivity index (χ3n) is 4.77. The van der Waals surface area contributed by atoms with E-state index in [-0.39, 0.29) is 41.1 Å². The molecule has 0 radical (unpaired) electrons. The topological polar surface area (TPSA) is 75.7 Å².